The first-order valence-electron chi connectivity index (χ1n) is 5.52. The molecule has 0 saturated carbocycles. The molecule has 0 unspecified atom stereocenters. The average molecular weight is 441 g/mol. The molecular formula is C14H17BClO2Y2-. The van der Waals surface area contributed by atoms with Crippen LogP contribution in [0.3, 0.4) is 0 Å². The maximum absolute atomic E-state index is 11.0. The second-order valence-corrected chi connectivity index (χ2v) is 3.79. The maximum Gasteiger partial charge on any atom is 0 e. The van der Waals surface area contributed by atoms with Gasteiger partial charge in [0, 0.05) is 65.4 Å². The quantitative estimate of drug-likeness (QED) is 0.670. The Balaban J connectivity index is -0.000000553. The molecule has 2 nitrogen and oxygen atoms in total. The number of aromatic carboxylic acids is 1. The molecule has 1 aromatic carbocycles. The van der Waals surface area contributed by atoms with E-state index in [0.29, 0.717) is 10.5 Å². The molecule has 6 heteroatoms. The molecule has 0 fully saturated rings. The molecule has 0 amide bonds. The van der Waals surface area contributed by atoms with Crippen LogP contribution in [0.15, 0.2) is 24.3 Å². The molecular weight excluding hydrogens is 424 g/mol. The molecule has 2 aromatic rings. The van der Waals surface area contributed by atoms with Crippen molar-refractivity contribution < 1.29 is 75.3 Å². The Morgan fingerprint density at radius 1 is 1.20 bits per heavy atom. The minimum Gasteiger partial charge on any atom is -0.358 e. The molecule has 0 aliphatic heterocycles. The molecule has 0 atom stereocenters. The van der Waals surface area contributed by atoms with Gasteiger partial charge in [0.25, 0.3) is 0 Å². The summed E-state index contributed by atoms with van der Waals surface area (Å²) in [4.78, 5) is 11.3. The van der Waals surface area contributed by atoms with Crippen molar-refractivity contribution in [2.24, 2.45) is 0 Å². The number of carbonyl (C=O) groups is 1. The molecule has 0 bridgehead atoms. The third-order valence-corrected chi connectivity index (χ3v) is 2.77. The topological polar surface area (TPSA) is 37.3 Å². The normalized spacial score (nSPS) is 8.00. The number of carboxylic acids is 1. The minimum absolute atomic E-state index is 0. The monoisotopic (exact) mass is 441 g/mol. The maximum atomic E-state index is 11.0. The Labute approximate surface area is 177 Å². The second kappa shape index (κ2) is 12.4. The Morgan fingerprint density at radius 3 is 2.20 bits per heavy atom. The standard InChI is InChI=1S/C11H8BClO2.C2H6.CH3.2Y/c1-6-7-4-2-3-5-8(7)12-10(13)9(6)11(14)15;1-2;;;/h2-5H,1H3,(H,14,15);1-2H3;1H3;;/q;;-1;;. The third kappa shape index (κ3) is 5.93. The number of aryl methyl sites for hydroxylation is 1. The van der Waals surface area contributed by atoms with Crippen LogP contribution in [0.1, 0.15) is 29.8 Å². The van der Waals surface area contributed by atoms with Gasteiger partial charge in [0.15, 0.2) is 0 Å². The number of benzene rings is 1. The summed E-state index contributed by atoms with van der Waals surface area (Å²) >= 11 is 5.92. The van der Waals surface area contributed by atoms with E-state index >= 15 is 0 Å². The van der Waals surface area contributed by atoms with Crippen LogP contribution in [0.5, 0.6) is 0 Å². The van der Waals surface area contributed by atoms with Gasteiger partial charge in [0.05, 0.1) is 0 Å². The summed E-state index contributed by atoms with van der Waals surface area (Å²) in [6.45, 7) is 7.46. The molecule has 1 heterocycles. The van der Waals surface area contributed by atoms with E-state index in [1.54, 1.807) is 13.8 Å². The van der Waals surface area contributed by atoms with Crippen molar-refractivity contribution in [2.45, 2.75) is 20.8 Å². The van der Waals surface area contributed by atoms with Gasteiger partial charge >= 0.3 is 92.3 Å². The molecule has 0 aliphatic carbocycles. The van der Waals surface area contributed by atoms with Gasteiger partial charge in [0.1, 0.15) is 0 Å². The van der Waals surface area contributed by atoms with Crippen LogP contribution in [-0.4, -0.2) is 18.0 Å². The smallest absolute Gasteiger partial charge is 0 e. The number of halogens is 1. The van der Waals surface area contributed by atoms with E-state index in [9.17, 15) is 4.79 Å². The Kier molecular flexibility index (Phi) is 16.0. The molecule has 0 aliphatic rings. The Bertz CT molecular complexity index is 562. The number of fused-ring (bicyclic) bond motifs is 1. The average Bonchev–Trinajstić information content (AvgIpc) is 2.31. The zero-order chi connectivity index (χ0) is 13.0. The van der Waals surface area contributed by atoms with E-state index in [2.05, 4.69) is 0 Å². The van der Waals surface area contributed by atoms with Crippen molar-refractivity contribution in [3.8, 4) is 0 Å². The minimum atomic E-state index is -0.983. The Hall–Kier alpha value is 0.863. The predicted molar refractivity (Wildman–Crippen MR) is 79.8 cm³/mol. The summed E-state index contributed by atoms with van der Waals surface area (Å²) in [6.07, 6.45) is 0. The zero-order valence-corrected chi connectivity index (χ0v) is 18.7. The van der Waals surface area contributed by atoms with Crippen LogP contribution in [0.2, 0.25) is 4.92 Å². The number of hydrogen-bond donors (Lipinski definition) is 1. The first-order valence-corrected chi connectivity index (χ1v) is 5.90. The Morgan fingerprint density at radius 2 is 1.70 bits per heavy atom. The fraction of sp³-hybridized carbons (Fsp3) is 0.214. The van der Waals surface area contributed by atoms with Crippen LogP contribution in [-0.2, 0) is 65.4 Å². The van der Waals surface area contributed by atoms with Crippen molar-refractivity contribution in [3.63, 3.8) is 0 Å². The van der Waals surface area contributed by atoms with Crippen molar-refractivity contribution in [1.82, 2.24) is 0 Å². The van der Waals surface area contributed by atoms with Crippen molar-refractivity contribution in [3.05, 3.63) is 47.7 Å². The van der Waals surface area contributed by atoms with Crippen molar-refractivity contribution >= 4 is 35.1 Å². The van der Waals surface area contributed by atoms with Gasteiger partial charge in [-0.2, -0.15) is 0 Å². The molecule has 1 N–H and O–H groups in total. The van der Waals surface area contributed by atoms with Gasteiger partial charge < -0.3 is 7.43 Å². The van der Waals surface area contributed by atoms with E-state index in [-0.39, 0.29) is 78.4 Å². The summed E-state index contributed by atoms with van der Waals surface area (Å²) in [6, 6.07) is 7.60. The zero-order valence-electron chi connectivity index (χ0n) is 12.3. The van der Waals surface area contributed by atoms with E-state index in [0.717, 1.165) is 10.7 Å². The molecule has 2 radical (unpaired) electrons. The SMILES string of the molecule is CC.Cc1c(C(=O)O)c(Cl)bc2ccccc12.[CH3-].[Y].[Y]. The van der Waals surface area contributed by atoms with Gasteiger partial charge in [-0.05, 0) is 0 Å². The first kappa shape index (κ1) is 25.8. The molecule has 1 aromatic heterocycles. The first-order chi connectivity index (χ1) is 8.11. The van der Waals surface area contributed by atoms with Crippen LogP contribution in [0, 0.1) is 14.4 Å². The molecule has 102 valence electrons. The molecule has 0 saturated heterocycles. The summed E-state index contributed by atoms with van der Waals surface area (Å²) in [5.41, 5.74) is 0.904. The van der Waals surface area contributed by atoms with E-state index in [4.69, 9.17) is 16.7 Å². The van der Waals surface area contributed by atoms with Gasteiger partial charge in [-0.3, -0.25) is 0 Å². The van der Waals surface area contributed by atoms with Crippen LogP contribution in [0.4, 0.5) is 0 Å². The van der Waals surface area contributed by atoms with Gasteiger partial charge in [-0.1, -0.05) is 13.8 Å². The third-order valence-electron chi connectivity index (χ3n) is 2.47. The van der Waals surface area contributed by atoms with Crippen molar-refractivity contribution in [1.29, 1.82) is 0 Å². The summed E-state index contributed by atoms with van der Waals surface area (Å²) in [5, 5.41) is 10.9. The van der Waals surface area contributed by atoms with Crippen LogP contribution in [0.25, 0.3) is 10.7 Å². The fourth-order valence-corrected chi connectivity index (χ4v) is 2.09. The van der Waals surface area contributed by atoms with Crippen LogP contribution < -0.4 is 0 Å². The largest absolute Gasteiger partial charge is 0.358 e. The second-order valence-electron chi connectivity index (χ2n) is 3.38. The van der Waals surface area contributed by atoms with E-state index in [1.165, 1.54) is 0 Å². The number of hydrogen-bond acceptors (Lipinski definition) is 1. The van der Waals surface area contributed by atoms with Crippen molar-refractivity contribution in [2.75, 3.05) is 0 Å². The van der Waals surface area contributed by atoms with E-state index < -0.39 is 5.97 Å². The van der Waals surface area contributed by atoms with Crippen LogP contribution >= 0.6 is 11.6 Å². The fourth-order valence-electron chi connectivity index (χ4n) is 1.75. The molecule has 0 spiro atoms. The van der Waals surface area contributed by atoms with E-state index in [1.807, 2.05) is 38.1 Å². The number of carboxylic acid groups (broad SMARTS) is 1. The summed E-state index contributed by atoms with van der Waals surface area (Å²) in [7, 11) is 0. The molecule has 2 rings (SSSR count). The van der Waals surface area contributed by atoms with Gasteiger partial charge in [0.2, 0.25) is 0 Å². The molecule has 20 heavy (non-hydrogen) atoms. The summed E-state index contributed by atoms with van der Waals surface area (Å²) in [5.74, 6) is -0.983. The number of rotatable bonds is 1. The predicted octanol–water partition coefficient (Wildman–Crippen LogP) is 4.31. The summed E-state index contributed by atoms with van der Waals surface area (Å²) < 4.78 is 0. The van der Waals surface area contributed by atoms with Gasteiger partial charge in [-0.25, -0.2) is 0 Å². The van der Waals surface area contributed by atoms with Gasteiger partial charge in [-0.15, -0.1) is 0 Å².